The van der Waals surface area contributed by atoms with E-state index in [1.165, 1.54) is 0 Å². The summed E-state index contributed by atoms with van der Waals surface area (Å²) < 4.78 is 10.7. The van der Waals surface area contributed by atoms with Gasteiger partial charge < -0.3 is 13.9 Å². The van der Waals surface area contributed by atoms with Crippen LogP contribution in [0, 0.1) is 0 Å². The zero-order valence-corrected chi connectivity index (χ0v) is 17.2. The maximum absolute atomic E-state index is 5.38. The third kappa shape index (κ3) is 4.84. The fourth-order valence-electron chi connectivity index (χ4n) is 3.25. The Morgan fingerprint density at radius 1 is 1.04 bits per heavy atom. The van der Waals surface area contributed by atoms with Crippen LogP contribution in [0.3, 0.4) is 0 Å². The summed E-state index contributed by atoms with van der Waals surface area (Å²) in [5, 5.41) is 10.1. The Morgan fingerprint density at radius 3 is 2.54 bits per heavy atom. The van der Waals surface area contributed by atoms with Crippen molar-refractivity contribution in [3.05, 3.63) is 35.1 Å². The second kappa shape index (κ2) is 8.93. The zero-order chi connectivity index (χ0) is 19.3. The standard InChI is InChI=1S/C19H26N6O2S/c1-14(2)18-21-17(27-22-18)13-25-10-8-24(9-11-25)7-3-6-16-20-19(23-26-16)15-5-4-12-28-15/h4-5,12,14H,3,6-11,13H2,1-2H3. The predicted octanol–water partition coefficient (Wildman–Crippen LogP) is 3.05. The topological polar surface area (TPSA) is 84.3 Å². The summed E-state index contributed by atoms with van der Waals surface area (Å²) in [5.74, 6) is 3.22. The molecule has 0 radical (unpaired) electrons. The van der Waals surface area contributed by atoms with Crippen molar-refractivity contribution in [2.75, 3.05) is 32.7 Å². The maximum Gasteiger partial charge on any atom is 0.240 e. The smallest absolute Gasteiger partial charge is 0.240 e. The molecule has 4 rings (SSSR count). The quantitative estimate of drug-likeness (QED) is 0.568. The van der Waals surface area contributed by atoms with Crippen molar-refractivity contribution in [1.82, 2.24) is 30.1 Å². The molecule has 0 N–H and O–H groups in total. The molecule has 0 unspecified atom stereocenters. The molecule has 9 heteroatoms. The van der Waals surface area contributed by atoms with E-state index in [0.29, 0.717) is 11.7 Å². The van der Waals surface area contributed by atoms with Crippen LogP contribution in [0.15, 0.2) is 26.6 Å². The summed E-state index contributed by atoms with van der Waals surface area (Å²) in [5.41, 5.74) is 0. The first-order chi connectivity index (χ1) is 13.7. The van der Waals surface area contributed by atoms with Gasteiger partial charge in [-0.1, -0.05) is 30.2 Å². The number of thiophene rings is 1. The molecule has 0 aromatic carbocycles. The Kier molecular flexibility index (Phi) is 6.13. The summed E-state index contributed by atoms with van der Waals surface area (Å²) in [6.07, 6.45) is 1.84. The molecule has 3 aromatic heterocycles. The summed E-state index contributed by atoms with van der Waals surface area (Å²) in [6.45, 7) is 10.1. The van der Waals surface area contributed by atoms with Crippen LogP contribution in [-0.2, 0) is 13.0 Å². The molecule has 4 heterocycles. The molecule has 0 spiro atoms. The molecule has 3 aromatic rings. The van der Waals surface area contributed by atoms with Crippen LogP contribution in [0.5, 0.6) is 0 Å². The minimum atomic E-state index is 0.301. The third-order valence-corrected chi connectivity index (χ3v) is 5.76. The average Bonchev–Trinajstić information content (AvgIpc) is 3.45. The lowest BCUT2D eigenvalue weighted by Crippen LogP contribution is -2.46. The molecular formula is C19H26N6O2S. The van der Waals surface area contributed by atoms with Crippen LogP contribution in [0.1, 0.15) is 43.8 Å². The molecule has 1 aliphatic rings. The number of rotatable bonds is 8. The minimum Gasteiger partial charge on any atom is -0.339 e. The van der Waals surface area contributed by atoms with Gasteiger partial charge in [-0.2, -0.15) is 9.97 Å². The minimum absolute atomic E-state index is 0.301. The number of hydrogen-bond donors (Lipinski definition) is 0. The van der Waals surface area contributed by atoms with Gasteiger partial charge in [-0.15, -0.1) is 11.3 Å². The molecule has 150 valence electrons. The van der Waals surface area contributed by atoms with Crippen LogP contribution in [0.25, 0.3) is 10.7 Å². The van der Waals surface area contributed by atoms with Crippen LogP contribution in [-0.4, -0.2) is 62.8 Å². The summed E-state index contributed by atoms with van der Waals surface area (Å²) in [4.78, 5) is 14.9. The molecule has 28 heavy (non-hydrogen) atoms. The molecule has 0 bridgehead atoms. The van der Waals surface area contributed by atoms with E-state index >= 15 is 0 Å². The third-order valence-electron chi connectivity index (χ3n) is 4.90. The Labute approximate surface area is 168 Å². The fourth-order valence-corrected chi connectivity index (χ4v) is 3.89. The van der Waals surface area contributed by atoms with Crippen molar-refractivity contribution in [3.63, 3.8) is 0 Å². The molecule has 1 saturated heterocycles. The lowest BCUT2D eigenvalue weighted by Gasteiger charge is -2.33. The van der Waals surface area contributed by atoms with Crippen molar-refractivity contribution < 1.29 is 9.05 Å². The second-order valence-electron chi connectivity index (χ2n) is 7.41. The predicted molar refractivity (Wildman–Crippen MR) is 106 cm³/mol. The van der Waals surface area contributed by atoms with Gasteiger partial charge in [0, 0.05) is 38.5 Å². The van der Waals surface area contributed by atoms with Crippen LogP contribution in [0.2, 0.25) is 0 Å². The van der Waals surface area contributed by atoms with Gasteiger partial charge in [0.15, 0.2) is 5.82 Å². The summed E-state index contributed by atoms with van der Waals surface area (Å²) in [6, 6.07) is 4.01. The van der Waals surface area contributed by atoms with E-state index < -0.39 is 0 Å². The van der Waals surface area contributed by atoms with Crippen molar-refractivity contribution >= 4 is 11.3 Å². The number of hydrogen-bond acceptors (Lipinski definition) is 9. The van der Waals surface area contributed by atoms with E-state index in [1.54, 1.807) is 11.3 Å². The average molecular weight is 403 g/mol. The zero-order valence-electron chi connectivity index (χ0n) is 16.4. The Hall–Kier alpha value is -2.10. The Bertz CT molecular complexity index is 852. The monoisotopic (exact) mass is 402 g/mol. The van der Waals surface area contributed by atoms with Crippen molar-refractivity contribution in [3.8, 4) is 10.7 Å². The van der Waals surface area contributed by atoms with E-state index in [2.05, 4.69) is 43.9 Å². The van der Waals surface area contributed by atoms with E-state index in [0.717, 1.165) is 74.6 Å². The number of piperazine rings is 1. The Morgan fingerprint density at radius 2 is 1.82 bits per heavy atom. The number of nitrogens with zero attached hydrogens (tertiary/aromatic N) is 6. The SMILES string of the molecule is CC(C)c1noc(CN2CCN(CCCc3nc(-c4cccs4)no3)CC2)n1. The van der Waals surface area contributed by atoms with Crippen LogP contribution < -0.4 is 0 Å². The first kappa shape index (κ1) is 19.2. The molecule has 0 aliphatic carbocycles. The Balaban J connectivity index is 1.17. The maximum atomic E-state index is 5.38. The molecule has 1 fully saturated rings. The molecular weight excluding hydrogens is 376 g/mol. The van der Waals surface area contributed by atoms with Gasteiger partial charge >= 0.3 is 0 Å². The van der Waals surface area contributed by atoms with E-state index in [1.807, 2.05) is 17.5 Å². The molecule has 0 amide bonds. The summed E-state index contributed by atoms with van der Waals surface area (Å²) in [7, 11) is 0. The normalized spacial score (nSPS) is 16.2. The highest BCUT2D eigenvalue weighted by Gasteiger charge is 2.20. The highest BCUT2D eigenvalue weighted by atomic mass is 32.1. The van der Waals surface area contributed by atoms with E-state index in [-0.39, 0.29) is 0 Å². The van der Waals surface area contributed by atoms with Crippen molar-refractivity contribution in [2.24, 2.45) is 0 Å². The van der Waals surface area contributed by atoms with Crippen LogP contribution in [0.4, 0.5) is 0 Å². The first-order valence-corrected chi connectivity index (χ1v) is 10.7. The van der Waals surface area contributed by atoms with Gasteiger partial charge in [0.05, 0.1) is 11.4 Å². The largest absolute Gasteiger partial charge is 0.339 e. The lowest BCUT2D eigenvalue weighted by molar-refractivity contribution is 0.115. The second-order valence-corrected chi connectivity index (χ2v) is 8.36. The lowest BCUT2D eigenvalue weighted by atomic mass is 10.2. The van der Waals surface area contributed by atoms with Crippen molar-refractivity contribution in [1.29, 1.82) is 0 Å². The summed E-state index contributed by atoms with van der Waals surface area (Å²) >= 11 is 1.63. The van der Waals surface area contributed by atoms with Gasteiger partial charge in [-0.25, -0.2) is 0 Å². The highest BCUT2D eigenvalue weighted by molar-refractivity contribution is 7.13. The number of aromatic nitrogens is 4. The van der Waals surface area contributed by atoms with Gasteiger partial charge in [-0.05, 0) is 24.4 Å². The first-order valence-electron chi connectivity index (χ1n) is 9.81. The van der Waals surface area contributed by atoms with Gasteiger partial charge in [0.25, 0.3) is 0 Å². The molecule has 8 nitrogen and oxygen atoms in total. The molecule has 1 aliphatic heterocycles. The van der Waals surface area contributed by atoms with Gasteiger partial charge in [0.2, 0.25) is 17.6 Å². The molecule has 0 atom stereocenters. The highest BCUT2D eigenvalue weighted by Crippen LogP contribution is 2.21. The number of aryl methyl sites for hydroxylation is 1. The fraction of sp³-hybridized carbons (Fsp3) is 0.579. The van der Waals surface area contributed by atoms with Crippen LogP contribution >= 0.6 is 11.3 Å². The van der Waals surface area contributed by atoms with Gasteiger partial charge in [-0.3, -0.25) is 4.90 Å². The van der Waals surface area contributed by atoms with Gasteiger partial charge in [0.1, 0.15) is 0 Å². The van der Waals surface area contributed by atoms with Crippen molar-refractivity contribution in [2.45, 2.75) is 39.2 Å². The van der Waals surface area contributed by atoms with E-state index in [9.17, 15) is 0 Å². The van der Waals surface area contributed by atoms with E-state index in [4.69, 9.17) is 9.05 Å². The molecule has 0 saturated carbocycles.